The number of benzene rings is 12. The average Bonchev–Trinajstić information content (AvgIpc) is 4.04. The fraction of sp³-hybridized carbons (Fsp3) is 0.0556. The van der Waals surface area contributed by atoms with Gasteiger partial charge in [-0.3, -0.25) is 0 Å². The molecule has 0 bridgehead atoms. The molecule has 74 heavy (non-hydrogen) atoms. The van der Waals surface area contributed by atoms with Gasteiger partial charge in [-0.25, -0.2) is 0 Å². The summed E-state index contributed by atoms with van der Waals surface area (Å²) in [4.78, 5) is 2.51. The van der Waals surface area contributed by atoms with E-state index in [0.717, 1.165) is 22.7 Å². The van der Waals surface area contributed by atoms with Crippen molar-refractivity contribution in [3.8, 4) is 39.1 Å². The van der Waals surface area contributed by atoms with Gasteiger partial charge in [0.25, 0.3) is 0 Å². The molecule has 1 heterocycles. The minimum absolute atomic E-state index is 0.152. The molecule has 13 aromatic rings. The highest BCUT2D eigenvalue weighted by atomic mass is 15.1. The van der Waals surface area contributed by atoms with Gasteiger partial charge in [0.1, 0.15) is 0 Å². The van der Waals surface area contributed by atoms with Gasteiger partial charge in [-0.15, -0.1) is 0 Å². The molecular weight excluding hydrogens is 893 g/mol. The first-order valence-corrected chi connectivity index (χ1v) is 25.9. The molecule has 0 fully saturated rings. The van der Waals surface area contributed by atoms with Gasteiger partial charge in [0.05, 0.1) is 22.1 Å². The second-order valence-electron chi connectivity index (χ2n) is 20.8. The van der Waals surface area contributed by atoms with Gasteiger partial charge >= 0.3 is 0 Å². The zero-order valence-corrected chi connectivity index (χ0v) is 41.3. The van der Waals surface area contributed by atoms with Gasteiger partial charge in [-0.05, 0) is 138 Å². The van der Waals surface area contributed by atoms with Crippen molar-refractivity contribution in [1.29, 1.82) is 0 Å². The summed E-state index contributed by atoms with van der Waals surface area (Å²) < 4.78 is 2.45. The number of hydrogen-bond donors (Lipinski definition) is 0. The van der Waals surface area contributed by atoms with E-state index in [1.165, 1.54) is 110 Å². The van der Waals surface area contributed by atoms with Gasteiger partial charge in [0, 0.05) is 38.6 Å². The lowest BCUT2D eigenvalue weighted by molar-refractivity contribution is 0.660. The van der Waals surface area contributed by atoms with E-state index in [2.05, 4.69) is 290 Å². The second kappa shape index (κ2) is 16.1. The van der Waals surface area contributed by atoms with Crippen molar-refractivity contribution in [3.05, 3.63) is 300 Å². The summed E-state index contributed by atoms with van der Waals surface area (Å²) in [5.41, 5.74) is 21.8. The summed E-state index contributed by atoms with van der Waals surface area (Å²) in [6, 6.07) is 99.6. The Morgan fingerprint density at radius 3 is 1.59 bits per heavy atom. The predicted octanol–water partition coefficient (Wildman–Crippen LogP) is 18.9. The van der Waals surface area contributed by atoms with Crippen LogP contribution in [0, 0.1) is 0 Å². The van der Waals surface area contributed by atoms with Crippen LogP contribution >= 0.6 is 0 Å². The number of hydrogen-bond acceptors (Lipinski definition) is 1. The van der Waals surface area contributed by atoms with Crippen LogP contribution in [-0.4, -0.2) is 4.57 Å². The summed E-state index contributed by atoms with van der Waals surface area (Å²) in [7, 11) is 0. The third-order valence-electron chi connectivity index (χ3n) is 16.6. The molecule has 1 aromatic heterocycles. The van der Waals surface area contributed by atoms with Crippen LogP contribution in [0.1, 0.15) is 47.2 Å². The highest BCUT2D eigenvalue weighted by Gasteiger charge is 2.46. The first kappa shape index (κ1) is 42.4. The number of aromatic nitrogens is 1. The Morgan fingerprint density at radius 1 is 0.324 bits per heavy atom. The Hall–Kier alpha value is -9.24. The van der Waals surface area contributed by atoms with Crippen molar-refractivity contribution >= 4 is 60.4 Å². The van der Waals surface area contributed by atoms with E-state index >= 15 is 0 Å². The first-order valence-electron chi connectivity index (χ1n) is 25.9. The monoisotopic (exact) mass is 942 g/mol. The lowest BCUT2D eigenvalue weighted by atomic mass is 9.67. The van der Waals surface area contributed by atoms with Crippen molar-refractivity contribution in [2.75, 3.05) is 4.90 Å². The Kier molecular flexibility index (Phi) is 9.25. The number of rotatable bonds is 7. The normalized spacial score (nSPS) is 13.8. The molecule has 348 valence electrons. The summed E-state index contributed by atoms with van der Waals surface area (Å²) >= 11 is 0. The first-order chi connectivity index (χ1) is 36.5. The van der Waals surface area contributed by atoms with E-state index in [-0.39, 0.29) is 5.41 Å². The molecule has 15 rings (SSSR count). The number of para-hydroxylation sites is 1. The van der Waals surface area contributed by atoms with E-state index in [1.807, 2.05) is 0 Å². The predicted molar refractivity (Wildman–Crippen MR) is 311 cm³/mol. The molecule has 0 aliphatic heterocycles. The molecule has 0 N–H and O–H groups in total. The number of fused-ring (bicyclic) bond motifs is 12. The van der Waals surface area contributed by atoms with E-state index in [0.29, 0.717) is 0 Å². The Bertz CT molecular complexity index is 4340. The molecular formula is C72H50N2. The standard InChI is InChI=1S/C72H50N2/c1-71(2)64-30-16-13-26-57(64)60-41-38-54(46-67(60)71)73(69-44-49-19-9-10-24-55(49)56-25-11-12-29-61(56)69)53-39-42-68-63(45-53)62-40-35-48(43-70(62)74(68)52-22-7-4-8-23-52)47-33-36-51(37-34-47)72(50-20-5-3-6-21-50)65-31-17-14-27-58(65)59-28-15-18-32-66(59)72/h3-46H,1-2H3. The van der Waals surface area contributed by atoms with E-state index in [1.54, 1.807) is 0 Å². The fourth-order valence-corrected chi connectivity index (χ4v) is 13.3. The number of nitrogens with zero attached hydrogens (tertiary/aromatic N) is 2. The minimum Gasteiger partial charge on any atom is -0.310 e. The van der Waals surface area contributed by atoms with Gasteiger partial charge in [0.15, 0.2) is 0 Å². The maximum atomic E-state index is 2.51. The fourth-order valence-electron chi connectivity index (χ4n) is 13.3. The molecule has 12 aromatic carbocycles. The zero-order chi connectivity index (χ0) is 49.1. The Balaban J connectivity index is 0.916. The molecule has 0 atom stereocenters. The van der Waals surface area contributed by atoms with Gasteiger partial charge < -0.3 is 9.47 Å². The maximum absolute atomic E-state index is 2.51. The average molecular weight is 943 g/mol. The van der Waals surface area contributed by atoms with Crippen LogP contribution in [0.2, 0.25) is 0 Å². The summed E-state index contributed by atoms with van der Waals surface area (Å²) in [5, 5.41) is 7.35. The van der Waals surface area contributed by atoms with Crippen molar-refractivity contribution in [3.63, 3.8) is 0 Å². The summed E-state index contributed by atoms with van der Waals surface area (Å²) in [6.07, 6.45) is 0. The maximum Gasteiger partial charge on any atom is 0.0713 e. The minimum atomic E-state index is -0.442. The van der Waals surface area contributed by atoms with Crippen molar-refractivity contribution < 1.29 is 0 Å². The van der Waals surface area contributed by atoms with Crippen LogP contribution in [-0.2, 0) is 10.8 Å². The van der Waals surface area contributed by atoms with Crippen LogP contribution in [0.4, 0.5) is 17.1 Å². The smallest absolute Gasteiger partial charge is 0.0713 e. The molecule has 0 saturated heterocycles. The Morgan fingerprint density at radius 2 is 0.865 bits per heavy atom. The van der Waals surface area contributed by atoms with Gasteiger partial charge in [-0.1, -0.05) is 226 Å². The highest BCUT2D eigenvalue weighted by Crippen LogP contribution is 2.57. The van der Waals surface area contributed by atoms with Crippen LogP contribution in [0.3, 0.4) is 0 Å². The van der Waals surface area contributed by atoms with Crippen molar-refractivity contribution in [1.82, 2.24) is 4.57 Å². The molecule has 0 unspecified atom stereocenters. The molecule has 0 radical (unpaired) electrons. The van der Waals surface area contributed by atoms with Gasteiger partial charge in [-0.2, -0.15) is 0 Å². The van der Waals surface area contributed by atoms with E-state index in [4.69, 9.17) is 0 Å². The third kappa shape index (κ3) is 6.06. The summed E-state index contributed by atoms with van der Waals surface area (Å²) in [6.45, 7) is 4.75. The second-order valence-corrected chi connectivity index (χ2v) is 20.8. The van der Waals surface area contributed by atoms with Crippen LogP contribution < -0.4 is 4.90 Å². The van der Waals surface area contributed by atoms with E-state index < -0.39 is 5.41 Å². The van der Waals surface area contributed by atoms with Crippen LogP contribution in [0.5, 0.6) is 0 Å². The molecule has 2 nitrogen and oxygen atoms in total. The van der Waals surface area contributed by atoms with Gasteiger partial charge in [0.2, 0.25) is 0 Å². The molecule has 2 aliphatic carbocycles. The largest absolute Gasteiger partial charge is 0.310 e. The van der Waals surface area contributed by atoms with Crippen molar-refractivity contribution in [2.45, 2.75) is 24.7 Å². The van der Waals surface area contributed by atoms with Crippen LogP contribution in [0.15, 0.2) is 267 Å². The molecule has 2 aliphatic rings. The van der Waals surface area contributed by atoms with Crippen molar-refractivity contribution in [2.24, 2.45) is 0 Å². The SMILES string of the molecule is CC1(C)c2ccccc2-c2ccc(N(c3ccc4c(c3)c3ccc(-c5ccc(C6(c7ccccc7)c7ccccc7-c7ccccc76)cc5)cc3n4-c3ccccc3)c3cc4ccccc4c4ccccc34)cc21. The summed E-state index contributed by atoms with van der Waals surface area (Å²) in [5.74, 6) is 0. The van der Waals surface area contributed by atoms with Crippen LogP contribution in [0.25, 0.3) is 82.4 Å². The molecule has 0 spiro atoms. The zero-order valence-electron chi connectivity index (χ0n) is 41.3. The molecule has 2 heteroatoms. The quantitative estimate of drug-likeness (QED) is 0.145. The topological polar surface area (TPSA) is 8.17 Å². The lowest BCUT2D eigenvalue weighted by Crippen LogP contribution is -2.28. The third-order valence-corrected chi connectivity index (χ3v) is 16.6. The number of anilines is 3. The Labute approximate surface area is 431 Å². The molecule has 0 saturated carbocycles. The molecule has 0 amide bonds. The lowest BCUT2D eigenvalue weighted by Gasteiger charge is -2.34. The van der Waals surface area contributed by atoms with E-state index in [9.17, 15) is 0 Å². The highest BCUT2D eigenvalue weighted by molar-refractivity contribution is 6.16.